The SMILES string of the molecule is C[N+](C)(C)C.[Na+].[O-][Si]([O-])(O)O. The summed E-state index contributed by atoms with van der Waals surface area (Å²) >= 11 is 0. The Morgan fingerprint density at radius 1 is 1.00 bits per heavy atom. The molecule has 5 nitrogen and oxygen atoms in total. The van der Waals surface area contributed by atoms with Gasteiger partial charge in [-0.05, 0) is 0 Å². The van der Waals surface area contributed by atoms with Crippen LogP contribution in [-0.2, 0) is 0 Å². The molecule has 0 saturated carbocycles. The Labute approximate surface area is 90.3 Å². The van der Waals surface area contributed by atoms with Gasteiger partial charge in [-0.25, -0.2) is 0 Å². The fourth-order valence-electron chi connectivity index (χ4n) is 0. The molecule has 0 aliphatic heterocycles. The Kier molecular flexibility index (Phi) is 10.6. The molecule has 0 saturated heterocycles. The van der Waals surface area contributed by atoms with Crippen molar-refractivity contribution in [2.45, 2.75) is 0 Å². The fraction of sp³-hybridized carbons (Fsp3) is 1.00. The molecule has 0 aliphatic carbocycles. The zero-order valence-corrected chi connectivity index (χ0v) is 10.7. The van der Waals surface area contributed by atoms with E-state index in [1.165, 1.54) is 0 Å². The van der Waals surface area contributed by atoms with Crippen molar-refractivity contribution in [3.8, 4) is 0 Å². The molecule has 0 aromatic carbocycles. The maximum Gasteiger partial charge on any atom is 1.00 e. The van der Waals surface area contributed by atoms with Crippen molar-refractivity contribution in [2.24, 2.45) is 0 Å². The zero-order valence-electron chi connectivity index (χ0n) is 7.66. The van der Waals surface area contributed by atoms with E-state index in [0.717, 1.165) is 4.48 Å². The van der Waals surface area contributed by atoms with Gasteiger partial charge in [-0.1, -0.05) is 0 Å². The van der Waals surface area contributed by atoms with Crippen molar-refractivity contribution in [2.75, 3.05) is 28.2 Å². The summed E-state index contributed by atoms with van der Waals surface area (Å²) in [5, 5.41) is 0. The average Bonchev–Trinajstić information content (AvgIpc) is 1.12. The summed E-state index contributed by atoms with van der Waals surface area (Å²) in [5.74, 6) is 0. The van der Waals surface area contributed by atoms with Crippen molar-refractivity contribution < 1.29 is 53.2 Å². The van der Waals surface area contributed by atoms with Crippen molar-refractivity contribution in [3.63, 3.8) is 0 Å². The second-order valence-electron chi connectivity index (χ2n) is 3.23. The van der Waals surface area contributed by atoms with Crippen LogP contribution in [-0.4, -0.2) is 51.3 Å². The molecule has 0 heterocycles. The van der Waals surface area contributed by atoms with Crippen LogP contribution in [0.4, 0.5) is 0 Å². The Balaban J connectivity index is -0.000000107. The van der Waals surface area contributed by atoms with Gasteiger partial charge in [-0.3, -0.25) is 0 Å². The van der Waals surface area contributed by atoms with Gasteiger partial charge in [0, 0.05) is 0 Å². The van der Waals surface area contributed by atoms with Crippen molar-refractivity contribution in [1.82, 2.24) is 0 Å². The maximum absolute atomic E-state index is 8.80. The second-order valence-corrected chi connectivity index (χ2v) is 4.33. The first-order chi connectivity index (χ1) is 4.00. The average molecular weight is 191 g/mol. The Morgan fingerprint density at radius 2 is 1.00 bits per heavy atom. The van der Waals surface area contributed by atoms with Gasteiger partial charge in [-0.15, -0.1) is 0 Å². The number of nitrogens with zero attached hydrogens (tertiary/aromatic N) is 1. The van der Waals surface area contributed by atoms with Crippen LogP contribution in [0.15, 0.2) is 0 Å². The number of hydrogen-bond donors (Lipinski definition) is 2. The van der Waals surface area contributed by atoms with Crippen LogP contribution >= 0.6 is 0 Å². The van der Waals surface area contributed by atoms with Crippen LogP contribution in [0.5, 0.6) is 0 Å². The minimum atomic E-state index is -5.11. The van der Waals surface area contributed by atoms with Crippen LogP contribution in [0.25, 0.3) is 0 Å². The first kappa shape index (κ1) is 17.9. The van der Waals surface area contributed by atoms with E-state index in [4.69, 9.17) is 19.2 Å². The largest absolute Gasteiger partial charge is 1.00 e. The van der Waals surface area contributed by atoms with Gasteiger partial charge in [0.05, 0.1) is 28.2 Å². The molecule has 0 rings (SSSR count). The third-order valence-corrected chi connectivity index (χ3v) is 0. The molecule has 64 valence electrons. The topological polar surface area (TPSA) is 86.6 Å². The van der Waals surface area contributed by atoms with E-state index >= 15 is 0 Å². The Hall–Kier alpha value is 1.02. The van der Waals surface area contributed by atoms with Crippen molar-refractivity contribution in [1.29, 1.82) is 0 Å². The van der Waals surface area contributed by atoms with E-state index in [-0.39, 0.29) is 29.6 Å². The van der Waals surface area contributed by atoms with Gasteiger partial charge in [0.1, 0.15) is 9.05 Å². The van der Waals surface area contributed by atoms with E-state index in [1.807, 2.05) is 0 Å². The predicted molar refractivity (Wildman–Crippen MR) is 34.1 cm³/mol. The summed E-state index contributed by atoms with van der Waals surface area (Å²) in [6.07, 6.45) is 0. The van der Waals surface area contributed by atoms with E-state index in [9.17, 15) is 0 Å². The minimum absolute atomic E-state index is 0. The van der Waals surface area contributed by atoms with Gasteiger partial charge < -0.3 is 23.7 Å². The maximum atomic E-state index is 8.80. The first-order valence-electron chi connectivity index (χ1n) is 2.64. The normalized spacial score (nSPS) is 10.9. The molecule has 0 fully saturated rings. The minimum Gasteiger partial charge on any atom is -0.828 e. The van der Waals surface area contributed by atoms with Gasteiger partial charge in [0.15, 0.2) is 0 Å². The zero-order chi connectivity index (χ0) is 9.00. The second kappa shape index (κ2) is 6.52. The molecule has 0 atom stereocenters. The summed E-state index contributed by atoms with van der Waals surface area (Å²) in [6, 6.07) is 0. The standard InChI is InChI=1S/C4H12N.Na.H2O4Si/c1-5(2,3)4;;1-5(2,3)4/h1-4H3;;1-2H/q2*+1;-2. The smallest absolute Gasteiger partial charge is 0.828 e. The molecule has 0 radical (unpaired) electrons. The third-order valence-electron chi connectivity index (χ3n) is 0. The van der Waals surface area contributed by atoms with Crippen LogP contribution in [0.1, 0.15) is 0 Å². The number of quaternary nitrogens is 1. The van der Waals surface area contributed by atoms with Crippen LogP contribution in [0.2, 0.25) is 0 Å². The van der Waals surface area contributed by atoms with Gasteiger partial charge in [-0.2, -0.15) is 0 Å². The van der Waals surface area contributed by atoms with Crippen LogP contribution in [0.3, 0.4) is 0 Å². The number of rotatable bonds is 0. The summed E-state index contributed by atoms with van der Waals surface area (Å²) in [6.45, 7) is 0. The molecule has 7 heteroatoms. The van der Waals surface area contributed by atoms with Crippen LogP contribution in [0, 0.1) is 0 Å². The summed E-state index contributed by atoms with van der Waals surface area (Å²) in [7, 11) is 3.39. The van der Waals surface area contributed by atoms with Crippen molar-refractivity contribution >= 4 is 9.05 Å². The molecular weight excluding hydrogens is 177 g/mol. The summed E-state index contributed by atoms with van der Waals surface area (Å²) < 4.78 is 1.00. The molecule has 2 N–H and O–H groups in total. The summed E-state index contributed by atoms with van der Waals surface area (Å²) in [5.41, 5.74) is 0. The van der Waals surface area contributed by atoms with Crippen LogP contribution < -0.4 is 39.1 Å². The Morgan fingerprint density at radius 3 is 1.00 bits per heavy atom. The predicted octanol–water partition coefficient (Wildman–Crippen LogP) is -6.55. The molecule has 0 bridgehead atoms. The molecule has 0 aromatic rings. The van der Waals surface area contributed by atoms with Gasteiger partial charge in [0.2, 0.25) is 0 Å². The van der Waals surface area contributed by atoms with E-state index in [0.29, 0.717) is 0 Å². The number of hydrogen-bond acceptors (Lipinski definition) is 4. The Bertz CT molecular complexity index is 65.1. The molecule has 0 unspecified atom stereocenters. The molecule has 0 aliphatic rings. The molecule has 0 amide bonds. The quantitative estimate of drug-likeness (QED) is 0.294. The van der Waals surface area contributed by atoms with E-state index in [2.05, 4.69) is 28.2 Å². The van der Waals surface area contributed by atoms with E-state index < -0.39 is 9.05 Å². The van der Waals surface area contributed by atoms with Crippen molar-refractivity contribution in [3.05, 3.63) is 0 Å². The van der Waals surface area contributed by atoms with Gasteiger partial charge >= 0.3 is 29.6 Å². The third kappa shape index (κ3) is 866. The van der Waals surface area contributed by atoms with E-state index in [1.54, 1.807) is 0 Å². The fourth-order valence-corrected chi connectivity index (χ4v) is 0. The monoisotopic (exact) mass is 191 g/mol. The molecule has 11 heavy (non-hydrogen) atoms. The van der Waals surface area contributed by atoms with Gasteiger partial charge in [0.25, 0.3) is 0 Å². The summed E-state index contributed by atoms with van der Waals surface area (Å²) in [4.78, 5) is 31.8. The molecular formula is C4H14NNaO4Si. The molecule has 0 aromatic heterocycles. The first-order valence-corrected chi connectivity index (χ1v) is 4.36. The molecule has 0 spiro atoms.